The van der Waals surface area contributed by atoms with Crippen molar-refractivity contribution in [2.24, 2.45) is 0 Å². The fraction of sp³-hybridized carbons (Fsp3) is 0.267. The molecule has 1 heterocycles. The maximum atomic E-state index is 12.7. The van der Waals surface area contributed by atoms with Crippen LogP contribution in [0.5, 0.6) is 0 Å². The van der Waals surface area contributed by atoms with Gasteiger partial charge in [0, 0.05) is 6.20 Å². The number of hydrogen-bond acceptors (Lipinski definition) is 2. The Balaban J connectivity index is 2.26. The zero-order chi connectivity index (χ0) is 15.5. The Hall–Kier alpha value is -1.59. The molecular formula is C15H14ClF3N2. The second-order valence-electron chi connectivity index (χ2n) is 4.61. The molecule has 0 aliphatic carbocycles. The normalized spacial score (nSPS) is 13.2. The van der Waals surface area contributed by atoms with Gasteiger partial charge in [0.1, 0.15) is 0 Å². The van der Waals surface area contributed by atoms with Crippen molar-refractivity contribution in [1.29, 1.82) is 0 Å². The molecule has 0 spiro atoms. The van der Waals surface area contributed by atoms with E-state index >= 15 is 0 Å². The number of benzene rings is 1. The number of halogens is 4. The van der Waals surface area contributed by atoms with Gasteiger partial charge < -0.3 is 5.32 Å². The Kier molecular flexibility index (Phi) is 4.85. The molecule has 1 aromatic heterocycles. The molecule has 0 saturated carbocycles. The molecule has 1 N–H and O–H groups in total. The van der Waals surface area contributed by atoms with E-state index in [1.54, 1.807) is 31.4 Å². The van der Waals surface area contributed by atoms with Gasteiger partial charge in [-0.3, -0.25) is 4.98 Å². The van der Waals surface area contributed by atoms with E-state index in [1.807, 2.05) is 0 Å². The van der Waals surface area contributed by atoms with Crippen molar-refractivity contribution < 1.29 is 13.2 Å². The molecule has 2 nitrogen and oxygen atoms in total. The Labute approximate surface area is 126 Å². The van der Waals surface area contributed by atoms with E-state index in [0.29, 0.717) is 22.7 Å². The number of nitrogens with zero attached hydrogens (tertiary/aromatic N) is 1. The highest BCUT2D eigenvalue weighted by atomic mass is 35.5. The predicted molar refractivity (Wildman–Crippen MR) is 76.2 cm³/mol. The highest BCUT2D eigenvalue weighted by molar-refractivity contribution is 6.31. The van der Waals surface area contributed by atoms with Gasteiger partial charge in [-0.2, -0.15) is 13.2 Å². The molecular weight excluding hydrogens is 301 g/mol. The van der Waals surface area contributed by atoms with Gasteiger partial charge in [-0.25, -0.2) is 0 Å². The van der Waals surface area contributed by atoms with E-state index < -0.39 is 11.7 Å². The Bertz CT molecular complexity index is 614. The summed E-state index contributed by atoms with van der Waals surface area (Å²) in [4.78, 5) is 4.20. The summed E-state index contributed by atoms with van der Waals surface area (Å²) in [5.74, 6) is 0. The number of pyridine rings is 1. The molecule has 0 radical (unpaired) electrons. The molecule has 1 unspecified atom stereocenters. The number of rotatable bonds is 4. The third-order valence-corrected chi connectivity index (χ3v) is 3.48. The lowest BCUT2D eigenvalue weighted by Crippen LogP contribution is -2.20. The van der Waals surface area contributed by atoms with Crippen LogP contribution in [0.4, 0.5) is 13.2 Å². The van der Waals surface area contributed by atoms with Crippen LogP contribution >= 0.6 is 11.6 Å². The van der Waals surface area contributed by atoms with Crippen LogP contribution in [0.1, 0.15) is 22.9 Å². The topological polar surface area (TPSA) is 24.9 Å². The SMILES string of the molecule is CNC(Cc1cccc(C(F)(F)F)c1)c1ncccc1Cl. The van der Waals surface area contributed by atoms with Crippen LogP contribution in [-0.4, -0.2) is 12.0 Å². The summed E-state index contributed by atoms with van der Waals surface area (Å²) in [5, 5.41) is 3.53. The van der Waals surface area contributed by atoms with Crippen molar-refractivity contribution in [1.82, 2.24) is 10.3 Å². The van der Waals surface area contributed by atoms with Gasteiger partial charge in [0.15, 0.2) is 0 Å². The van der Waals surface area contributed by atoms with Crippen LogP contribution in [0, 0.1) is 0 Å². The zero-order valence-electron chi connectivity index (χ0n) is 11.3. The molecule has 0 aliphatic heterocycles. The number of aromatic nitrogens is 1. The number of alkyl halides is 3. The monoisotopic (exact) mass is 314 g/mol. The number of likely N-dealkylation sites (N-methyl/N-ethyl adjacent to an activating group) is 1. The van der Waals surface area contributed by atoms with Gasteiger partial charge in [0.2, 0.25) is 0 Å². The molecule has 21 heavy (non-hydrogen) atoms. The van der Waals surface area contributed by atoms with Gasteiger partial charge in [0.05, 0.1) is 22.3 Å². The van der Waals surface area contributed by atoms with E-state index in [-0.39, 0.29) is 6.04 Å². The highest BCUT2D eigenvalue weighted by Crippen LogP contribution is 2.31. The minimum Gasteiger partial charge on any atom is -0.311 e. The molecule has 0 saturated heterocycles. The minimum absolute atomic E-state index is 0.248. The first-order valence-electron chi connectivity index (χ1n) is 6.35. The van der Waals surface area contributed by atoms with Gasteiger partial charge in [-0.1, -0.05) is 29.8 Å². The van der Waals surface area contributed by atoms with Crippen molar-refractivity contribution in [3.63, 3.8) is 0 Å². The summed E-state index contributed by atoms with van der Waals surface area (Å²) in [7, 11) is 1.73. The lowest BCUT2D eigenvalue weighted by molar-refractivity contribution is -0.137. The molecule has 1 aromatic carbocycles. The van der Waals surface area contributed by atoms with Crippen LogP contribution < -0.4 is 5.32 Å². The standard InChI is InChI=1S/C15H14ClF3N2/c1-20-13(14-12(16)6-3-7-21-14)9-10-4-2-5-11(8-10)15(17,18)19/h2-8,13,20H,9H2,1H3. The maximum Gasteiger partial charge on any atom is 0.416 e. The van der Waals surface area contributed by atoms with Crippen molar-refractivity contribution in [2.45, 2.75) is 18.6 Å². The third kappa shape index (κ3) is 3.95. The molecule has 0 fully saturated rings. The third-order valence-electron chi connectivity index (χ3n) is 3.16. The van der Waals surface area contributed by atoms with E-state index in [1.165, 1.54) is 6.07 Å². The van der Waals surface area contributed by atoms with Crippen LogP contribution in [-0.2, 0) is 12.6 Å². The summed E-state index contributed by atoms with van der Waals surface area (Å²) in [6.07, 6.45) is -2.36. The van der Waals surface area contributed by atoms with Crippen molar-refractivity contribution in [2.75, 3.05) is 7.05 Å². The fourth-order valence-corrected chi connectivity index (χ4v) is 2.35. The number of hydrogen-bond donors (Lipinski definition) is 1. The molecule has 2 aromatic rings. The molecule has 2 rings (SSSR count). The smallest absolute Gasteiger partial charge is 0.311 e. The summed E-state index contributed by atoms with van der Waals surface area (Å²) in [5.41, 5.74) is 0.548. The van der Waals surface area contributed by atoms with Crippen LogP contribution in [0.2, 0.25) is 5.02 Å². The average molecular weight is 315 g/mol. The minimum atomic E-state index is -4.34. The van der Waals surface area contributed by atoms with Crippen LogP contribution in [0.3, 0.4) is 0 Å². The Morgan fingerprint density at radius 2 is 2.00 bits per heavy atom. The van der Waals surface area contributed by atoms with Gasteiger partial charge in [-0.15, -0.1) is 0 Å². The van der Waals surface area contributed by atoms with Gasteiger partial charge >= 0.3 is 6.18 Å². The fourth-order valence-electron chi connectivity index (χ4n) is 2.10. The molecule has 0 aliphatic rings. The van der Waals surface area contributed by atoms with E-state index in [0.717, 1.165) is 12.1 Å². The first-order valence-corrected chi connectivity index (χ1v) is 6.73. The van der Waals surface area contributed by atoms with Crippen molar-refractivity contribution in [3.8, 4) is 0 Å². The van der Waals surface area contributed by atoms with E-state index in [2.05, 4.69) is 10.3 Å². The van der Waals surface area contributed by atoms with Crippen LogP contribution in [0.15, 0.2) is 42.6 Å². The first kappa shape index (κ1) is 15.8. The second kappa shape index (κ2) is 6.45. The Morgan fingerprint density at radius 3 is 2.62 bits per heavy atom. The quantitative estimate of drug-likeness (QED) is 0.912. The lowest BCUT2D eigenvalue weighted by Gasteiger charge is -2.17. The zero-order valence-corrected chi connectivity index (χ0v) is 12.0. The summed E-state index contributed by atoms with van der Waals surface area (Å²) in [6, 6.07) is 8.46. The van der Waals surface area contributed by atoms with E-state index in [4.69, 9.17) is 11.6 Å². The summed E-state index contributed by atoms with van der Waals surface area (Å²) in [6.45, 7) is 0. The molecule has 0 amide bonds. The molecule has 112 valence electrons. The summed E-state index contributed by atoms with van der Waals surface area (Å²) < 4.78 is 38.2. The number of nitrogens with one attached hydrogen (secondary N) is 1. The van der Waals surface area contributed by atoms with Crippen molar-refractivity contribution in [3.05, 3.63) is 64.4 Å². The predicted octanol–water partition coefficient (Wildman–Crippen LogP) is 4.26. The second-order valence-corrected chi connectivity index (χ2v) is 5.02. The summed E-state index contributed by atoms with van der Waals surface area (Å²) >= 11 is 6.09. The lowest BCUT2D eigenvalue weighted by atomic mass is 10.0. The van der Waals surface area contributed by atoms with Gasteiger partial charge in [0.25, 0.3) is 0 Å². The molecule has 1 atom stereocenters. The van der Waals surface area contributed by atoms with Gasteiger partial charge in [-0.05, 0) is 37.2 Å². The average Bonchev–Trinajstić information content (AvgIpc) is 2.45. The molecule has 6 heteroatoms. The van der Waals surface area contributed by atoms with Crippen molar-refractivity contribution >= 4 is 11.6 Å². The Morgan fingerprint density at radius 1 is 1.24 bits per heavy atom. The maximum absolute atomic E-state index is 12.7. The van der Waals surface area contributed by atoms with Crippen LogP contribution in [0.25, 0.3) is 0 Å². The highest BCUT2D eigenvalue weighted by Gasteiger charge is 2.30. The van der Waals surface area contributed by atoms with E-state index in [9.17, 15) is 13.2 Å². The largest absolute Gasteiger partial charge is 0.416 e. The molecule has 0 bridgehead atoms. The first-order chi connectivity index (χ1) is 9.91.